The molecule has 0 bridgehead atoms. The lowest BCUT2D eigenvalue weighted by Gasteiger charge is -2.18. The van der Waals surface area contributed by atoms with Crippen molar-refractivity contribution in [2.45, 2.75) is 5.92 Å². The molecule has 1 heterocycles. The zero-order valence-electron chi connectivity index (χ0n) is 15.7. The normalized spacial score (nSPS) is 18.9. The van der Waals surface area contributed by atoms with Gasteiger partial charge in [-0.15, -0.1) is 0 Å². The maximum absolute atomic E-state index is 13.4. The third kappa shape index (κ3) is 3.76. The predicted molar refractivity (Wildman–Crippen MR) is 114 cm³/mol. The van der Waals surface area contributed by atoms with Gasteiger partial charge in [0.25, 0.3) is 0 Å². The van der Waals surface area contributed by atoms with E-state index in [9.17, 15) is 4.79 Å². The third-order valence-corrected chi connectivity index (χ3v) is 5.70. The number of ether oxygens (including phenoxy) is 1. The van der Waals surface area contributed by atoms with Crippen molar-refractivity contribution in [3.8, 4) is 5.75 Å². The Bertz CT molecular complexity index is 939. The van der Waals surface area contributed by atoms with Crippen molar-refractivity contribution < 1.29 is 9.53 Å². The molecule has 0 aliphatic carbocycles. The summed E-state index contributed by atoms with van der Waals surface area (Å²) in [4.78, 5) is 15.7. The molecule has 0 saturated carbocycles. The molecule has 0 unspecified atom stereocenters. The van der Waals surface area contributed by atoms with Gasteiger partial charge in [0.1, 0.15) is 5.75 Å². The minimum Gasteiger partial charge on any atom is -0.497 e. The van der Waals surface area contributed by atoms with Crippen LogP contribution in [0.5, 0.6) is 5.75 Å². The number of carbonyl (C=O) groups excluding carboxylic acids is 1. The molecule has 1 aliphatic rings. The van der Waals surface area contributed by atoms with E-state index in [1.54, 1.807) is 7.11 Å². The van der Waals surface area contributed by atoms with Crippen molar-refractivity contribution in [3.63, 3.8) is 0 Å². The molecule has 1 fully saturated rings. The second-order valence-corrected chi connectivity index (χ2v) is 7.53. The minimum absolute atomic E-state index is 0.116. The summed E-state index contributed by atoms with van der Waals surface area (Å²) in [6.45, 7) is 1.50. The van der Waals surface area contributed by atoms with E-state index in [0.717, 1.165) is 29.1 Å². The molecule has 2 atom stereocenters. The molecule has 142 valence electrons. The lowest BCUT2D eigenvalue weighted by molar-refractivity contribution is 0.0921. The zero-order valence-corrected chi connectivity index (χ0v) is 16.5. The number of Topliss-reactive ketones (excluding diaryl/α,β-unsaturated/α-hetero) is 1. The van der Waals surface area contributed by atoms with Crippen molar-refractivity contribution in [3.05, 3.63) is 95.0 Å². The van der Waals surface area contributed by atoms with E-state index in [0.29, 0.717) is 11.6 Å². The molecule has 3 nitrogen and oxygen atoms in total. The second-order valence-electron chi connectivity index (χ2n) is 7.10. The summed E-state index contributed by atoms with van der Waals surface area (Å²) in [7, 11) is 1.63. The van der Waals surface area contributed by atoms with Crippen LogP contribution in [0.2, 0.25) is 5.02 Å². The molecular weight excluding hydrogens is 370 g/mol. The fourth-order valence-corrected chi connectivity index (χ4v) is 4.06. The first-order valence-corrected chi connectivity index (χ1v) is 9.77. The maximum Gasteiger partial charge on any atom is 0.168 e. The SMILES string of the molecule is COc1ccc(C(=O)[C@@H]2CN(c3ccccc3)C[C@@H]2c2ccc(Cl)cc2)cc1. The van der Waals surface area contributed by atoms with Crippen molar-refractivity contribution in [2.75, 3.05) is 25.1 Å². The Hall–Kier alpha value is -2.78. The van der Waals surface area contributed by atoms with Gasteiger partial charge in [0.05, 0.1) is 7.11 Å². The van der Waals surface area contributed by atoms with Gasteiger partial charge in [0.2, 0.25) is 0 Å². The van der Waals surface area contributed by atoms with Crippen molar-refractivity contribution in [2.24, 2.45) is 5.92 Å². The Labute approximate surface area is 170 Å². The maximum atomic E-state index is 13.4. The van der Waals surface area contributed by atoms with E-state index in [1.165, 1.54) is 0 Å². The number of hydrogen-bond acceptors (Lipinski definition) is 3. The van der Waals surface area contributed by atoms with Gasteiger partial charge in [-0.1, -0.05) is 41.9 Å². The van der Waals surface area contributed by atoms with Crippen molar-refractivity contribution >= 4 is 23.1 Å². The Balaban J connectivity index is 1.66. The largest absolute Gasteiger partial charge is 0.497 e. The molecule has 4 rings (SSSR count). The van der Waals surface area contributed by atoms with Crippen molar-refractivity contribution in [1.82, 2.24) is 0 Å². The smallest absolute Gasteiger partial charge is 0.168 e. The van der Waals surface area contributed by atoms with E-state index in [1.807, 2.05) is 66.7 Å². The molecular formula is C24H22ClNO2. The lowest BCUT2D eigenvalue weighted by Crippen LogP contribution is -2.23. The molecule has 4 heteroatoms. The first kappa shape index (κ1) is 18.6. The number of benzene rings is 3. The van der Waals surface area contributed by atoms with Crippen LogP contribution >= 0.6 is 11.6 Å². The highest BCUT2D eigenvalue weighted by Crippen LogP contribution is 2.37. The van der Waals surface area contributed by atoms with Crippen LogP contribution in [0.3, 0.4) is 0 Å². The molecule has 0 radical (unpaired) electrons. The Kier molecular flexibility index (Phi) is 5.36. The molecule has 0 amide bonds. The van der Waals surface area contributed by atoms with Gasteiger partial charge >= 0.3 is 0 Å². The summed E-state index contributed by atoms with van der Waals surface area (Å²) in [6.07, 6.45) is 0. The Morgan fingerprint density at radius 1 is 0.929 bits per heavy atom. The monoisotopic (exact) mass is 391 g/mol. The first-order chi connectivity index (χ1) is 13.7. The fraction of sp³-hybridized carbons (Fsp3) is 0.208. The van der Waals surface area contributed by atoms with Crippen LogP contribution in [0, 0.1) is 5.92 Å². The average molecular weight is 392 g/mol. The van der Waals surface area contributed by atoms with Crippen LogP contribution in [-0.4, -0.2) is 26.0 Å². The number of anilines is 1. The number of hydrogen-bond donors (Lipinski definition) is 0. The molecule has 0 N–H and O–H groups in total. The topological polar surface area (TPSA) is 29.5 Å². The number of ketones is 1. The average Bonchev–Trinajstić information content (AvgIpc) is 3.20. The number of halogens is 1. The summed E-state index contributed by atoms with van der Waals surface area (Å²) in [6, 6.07) is 25.5. The second kappa shape index (κ2) is 8.07. The molecule has 28 heavy (non-hydrogen) atoms. The Morgan fingerprint density at radius 3 is 2.25 bits per heavy atom. The zero-order chi connectivity index (χ0) is 19.5. The van der Waals surface area contributed by atoms with Crippen molar-refractivity contribution in [1.29, 1.82) is 0 Å². The number of carbonyl (C=O) groups is 1. The van der Waals surface area contributed by atoms with Crippen LogP contribution in [0.15, 0.2) is 78.9 Å². The van der Waals surface area contributed by atoms with E-state index in [-0.39, 0.29) is 17.6 Å². The summed E-state index contributed by atoms with van der Waals surface area (Å²) in [5.41, 5.74) is 3.01. The predicted octanol–water partition coefficient (Wildman–Crippen LogP) is 5.45. The highest BCUT2D eigenvalue weighted by atomic mass is 35.5. The van der Waals surface area contributed by atoms with E-state index in [2.05, 4.69) is 17.0 Å². The van der Waals surface area contributed by atoms with Gasteiger partial charge in [-0.3, -0.25) is 4.79 Å². The van der Waals surface area contributed by atoms with E-state index >= 15 is 0 Å². The number of rotatable bonds is 5. The summed E-state index contributed by atoms with van der Waals surface area (Å²) < 4.78 is 5.22. The van der Waals surface area contributed by atoms with Gasteiger partial charge in [-0.25, -0.2) is 0 Å². The summed E-state index contributed by atoms with van der Waals surface area (Å²) in [5, 5.41) is 0.708. The van der Waals surface area contributed by atoms with Crippen LogP contribution in [0.25, 0.3) is 0 Å². The van der Waals surface area contributed by atoms with Crippen LogP contribution in [0.4, 0.5) is 5.69 Å². The fourth-order valence-electron chi connectivity index (χ4n) is 3.94. The minimum atomic E-state index is -0.116. The molecule has 0 spiro atoms. The first-order valence-electron chi connectivity index (χ1n) is 9.39. The highest BCUT2D eigenvalue weighted by Gasteiger charge is 2.38. The molecule has 1 aliphatic heterocycles. The molecule has 3 aromatic carbocycles. The lowest BCUT2D eigenvalue weighted by atomic mass is 9.84. The molecule has 0 aromatic heterocycles. The quantitative estimate of drug-likeness (QED) is 0.541. The van der Waals surface area contributed by atoms with Crippen LogP contribution in [0.1, 0.15) is 21.8 Å². The standard InChI is InChI=1S/C24H22ClNO2/c1-28-21-13-9-18(10-14-21)24(27)23-16-26(20-5-3-2-4-6-20)15-22(23)17-7-11-19(25)12-8-17/h2-14,22-23H,15-16H2,1H3/t22-,23-/m1/s1. The van der Waals surface area contributed by atoms with E-state index < -0.39 is 0 Å². The third-order valence-electron chi connectivity index (χ3n) is 5.45. The molecule has 3 aromatic rings. The Morgan fingerprint density at radius 2 is 1.61 bits per heavy atom. The summed E-state index contributed by atoms with van der Waals surface area (Å²) in [5.74, 6) is 0.922. The highest BCUT2D eigenvalue weighted by molar-refractivity contribution is 6.30. The molecule has 1 saturated heterocycles. The van der Waals surface area contributed by atoms with Gasteiger partial charge in [0.15, 0.2) is 5.78 Å². The summed E-state index contributed by atoms with van der Waals surface area (Å²) >= 11 is 6.08. The number of para-hydroxylation sites is 1. The van der Waals surface area contributed by atoms with Crippen LogP contribution < -0.4 is 9.64 Å². The van der Waals surface area contributed by atoms with Gasteiger partial charge in [0, 0.05) is 41.2 Å². The van der Waals surface area contributed by atoms with E-state index in [4.69, 9.17) is 16.3 Å². The van der Waals surface area contributed by atoms with Gasteiger partial charge in [-0.2, -0.15) is 0 Å². The number of nitrogens with zero attached hydrogens (tertiary/aromatic N) is 1. The van der Waals surface area contributed by atoms with Crippen LogP contribution in [-0.2, 0) is 0 Å². The number of methoxy groups -OCH3 is 1. The van der Waals surface area contributed by atoms with Gasteiger partial charge in [-0.05, 0) is 54.1 Å². The van der Waals surface area contributed by atoms with Gasteiger partial charge < -0.3 is 9.64 Å².